The number of pyridine rings is 2. The maximum Gasteiger partial charge on any atom is 0.471 e. The number of fused-ring (bicyclic) bond motifs is 1. The minimum atomic E-state index is -4.73. The highest BCUT2D eigenvalue weighted by atomic mass is 19.4. The Hall–Kier alpha value is -3.80. The van der Waals surface area contributed by atoms with E-state index < -0.39 is 12.1 Å². The number of halogens is 3. The van der Waals surface area contributed by atoms with E-state index in [1.54, 1.807) is 49.0 Å². The van der Waals surface area contributed by atoms with Crippen molar-refractivity contribution in [3.05, 3.63) is 48.2 Å². The van der Waals surface area contributed by atoms with E-state index in [0.717, 1.165) is 10.9 Å². The first kappa shape index (κ1) is 22.4. The van der Waals surface area contributed by atoms with Crippen molar-refractivity contribution < 1.29 is 27.2 Å². The van der Waals surface area contributed by atoms with Crippen LogP contribution in [-0.4, -0.2) is 62.8 Å². The second kappa shape index (κ2) is 8.62. The lowest BCUT2D eigenvalue weighted by Crippen LogP contribution is -2.31. The highest BCUT2D eigenvalue weighted by Crippen LogP contribution is 2.30. The fourth-order valence-corrected chi connectivity index (χ4v) is 3.27. The van der Waals surface area contributed by atoms with Gasteiger partial charge in [-0.25, -0.2) is 0 Å². The summed E-state index contributed by atoms with van der Waals surface area (Å²) in [6.45, 7) is 0.869. The first-order valence-electron chi connectivity index (χ1n) is 9.76. The molecule has 0 fully saturated rings. The van der Waals surface area contributed by atoms with Crippen LogP contribution >= 0.6 is 0 Å². The van der Waals surface area contributed by atoms with Crippen LogP contribution in [0.2, 0.25) is 0 Å². The molecule has 0 radical (unpaired) electrons. The summed E-state index contributed by atoms with van der Waals surface area (Å²) < 4.78 is 49.3. The van der Waals surface area contributed by atoms with Gasteiger partial charge in [-0.1, -0.05) is 5.16 Å². The van der Waals surface area contributed by atoms with Gasteiger partial charge in [0.05, 0.1) is 29.7 Å². The van der Waals surface area contributed by atoms with E-state index in [2.05, 4.69) is 24.6 Å². The van der Waals surface area contributed by atoms with E-state index in [1.165, 1.54) is 18.3 Å². The number of nitrogens with zero attached hydrogens (tertiary/aromatic N) is 6. The maximum atomic E-state index is 12.8. The minimum Gasteiger partial charge on any atom is -0.383 e. The van der Waals surface area contributed by atoms with Gasteiger partial charge in [-0.15, -0.1) is 0 Å². The van der Waals surface area contributed by atoms with Gasteiger partial charge in [0.2, 0.25) is 5.82 Å². The Balaban J connectivity index is 1.66. The lowest BCUT2D eigenvalue weighted by atomic mass is 10.1. The van der Waals surface area contributed by atoms with Crippen LogP contribution < -0.4 is 0 Å². The number of aromatic nitrogens is 5. The first-order valence-corrected chi connectivity index (χ1v) is 9.76. The molecular formula is C21H19F3N6O3. The molecule has 0 atom stereocenters. The predicted octanol–water partition coefficient (Wildman–Crippen LogP) is 3.42. The van der Waals surface area contributed by atoms with Crippen LogP contribution in [0.5, 0.6) is 0 Å². The first-order chi connectivity index (χ1) is 15.7. The van der Waals surface area contributed by atoms with Crippen molar-refractivity contribution in [2.75, 3.05) is 27.3 Å². The van der Waals surface area contributed by atoms with Gasteiger partial charge in [0.1, 0.15) is 5.69 Å². The Kier molecular flexibility index (Phi) is 5.85. The highest BCUT2D eigenvalue weighted by Gasteiger charge is 2.38. The van der Waals surface area contributed by atoms with E-state index in [9.17, 15) is 18.0 Å². The summed E-state index contributed by atoms with van der Waals surface area (Å²) in [5.74, 6) is -1.80. The van der Waals surface area contributed by atoms with Crippen molar-refractivity contribution in [2.24, 2.45) is 7.05 Å². The molecule has 4 aromatic heterocycles. The molecule has 1 amide bonds. The number of methoxy groups -OCH3 is 1. The number of rotatable bonds is 6. The monoisotopic (exact) mass is 460 g/mol. The topological polar surface area (TPSA) is 99.2 Å². The smallest absolute Gasteiger partial charge is 0.383 e. The minimum absolute atomic E-state index is 0.162. The summed E-state index contributed by atoms with van der Waals surface area (Å²) in [4.78, 5) is 26.4. The number of aryl methyl sites for hydroxylation is 1. The second-order valence-electron chi connectivity index (χ2n) is 7.29. The second-order valence-corrected chi connectivity index (χ2v) is 7.29. The van der Waals surface area contributed by atoms with E-state index >= 15 is 0 Å². The van der Waals surface area contributed by atoms with Crippen LogP contribution in [0.1, 0.15) is 16.4 Å². The quantitative estimate of drug-likeness (QED) is 0.435. The Labute approximate surface area is 185 Å². The number of alkyl halides is 3. The van der Waals surface area contributed by atoms with Crippen molar-refractivity contribution >= 4 is 16.8 Å². The fraction of sp³-hybridized carbons (Fsp3) is 0.286. The van der Waals surface area contributed by atoms with Gasteiger partial charge in [0.25, 0.3) is 5.91 Å². The average molecular weight is 460 g/mol. The van der Waals surface area contributed by atoms with Crippen molar-refractivity contribution in [3.8, 4) is 22.8 Å². The summed E-state index contributed by atoms with van der Waals surface area (Å²) in [5.41, 5.74) is 2.40. The summed E-state index contributed by atoms with van der Waals surface area (Å²) in [7, 11) is 5.04. The molecule has 0 saturated carbocycles. The van der Waals surface area contributed by atoms with Crippen molar-refractivity contribution in [2.45, 2.75) is 6.18 Å². The highest BCUT2D eigenvalue weighted by molar-refractivity contribution is 5.99. The normalized spacial score (nSPS) is 11.8. The third-order valence-electron chi connectivity index (χ3n) is 5.07. The van der Waals surface area contributed by atoms with Crippen LogP contribution in [0, 0.1) is 0 Å². The zero-order valence-corrected chi connectivity index (χ0v) is 17.9. The van der Waals surface area contributed by atoms with Crippen molar-refractivity contribution in [1.29, 1.82) is 0 Å². The molecular weight excluding hydrogens is 441 g/mol. The molecule has 4 rings (SSSR count). The Morgan fingerprint density at radius 1 is 1.21 bits per heavy atom. The summed E-state index contributed by atoms with van der Waals surface area (Å²) >= 11 is 0. The summed E-state index contributed by atoms with van der Waals surface area (Å²) in [6.07, 6.45) is -1.69. The molecule has 0 bridgehead atoms. The summed E-state index contributed by atoms with van der Waals surface area (Å²) in [6, 6.07) is 6.50. The zero-order chi connectivity index (χ0) is 23.8. The number of carbonyl (C=O) groups excluding carboxylic acids is 1. The van der Waals surface area contributed by atoms with Crippen molar-refractivity contribution in [3.63, 3.8) is 0 Å². The predicted molar refractivity (Wildman–Crippen MR) is 111 cm³/mol. The molecule has 0 saturated heterocycles. The molecule has 0 aliphatic carbocycles. The largest absolute Gasteiger partial charge is 0.471 e. The standard InChI is InChI=1S/C21H19F3N6O3/c1-29(6-7-32-3)19(31)16-10-13-9-15(26-11-17(13)30(16)2)14-8-12(4-5-25-14)18-27-20(33-28-18)21(22,23)24/h4-5,8-11H,6-7H2,1-3H3. The summed E-state index contributed by atoms with van der Waals surface area (Å²) in [5, 5.41) is 4.16. The van der Waals surface area contributed by atoms with Gasteiger partial charge >= 0.3 is 12.1 Å². The Morgan fingerprint density at radius 2 is 1.97 bits per heavy atom. The van der Waals surface area contributed by atoms with Crippen LogP contribution in [-0.2, 0) is 18.0 Å². The number of hydrogen-bond donors (Lipinski definition) is 0. The van der Waals surface area contributed by atoms with E-state index in [4.69, 9.17) is 4.74 Å². The third kappa shape index (κ3) is 4.42. The number of amides is 1. The van der Waals surface area contributed by atoms with Gasteiger partial charge in [-0.05, 0) is 24.3 Å². The molecule has 9 nitrogen and oxygen atoms in total. The SMILES string of the molecule is COCCN(C)C(=O)c1cc2cc(-c3cc(-c4noc(C(F)(F)F)n4)ccn3)ncc2n1C. The van der Waals surface area contributed by atoms with E-state index in [0.29, 0.717) is 35.8 Å². The van der Waals surface area contributed by atoms with Gasteiger partial charge in [-0.2, -0.15) is 18.2 Å². The molecule has 0 spiro atoms. The van der Waals surface area contributed by atoms with Gasteiger partial charge in [0, 0.05) is 44.9 Å². The molecule has 4 heterocycles. The Bertz CT molecular complexity index is 1310. The molecule has 0 aliphatic heterocycles. The molecule has 0 aromatic carbocycles. The van der Waals surface area contributed by atoms with E-state index in [1.807, 2.05) is 0 Å². The number of ether oxygens (including phenoxy) is 1. The third-order valence-corrected chi connectivity index (χ3v) is 5.07. The zero-order valence-electron chi connectivity index (χ0n) is 17.9. The maximum absolute atomic E-state index is 12.8. The van der Waals surface area contributed by atoms with Crippen molar-refractivity contribution in [1.82, 2.24) is 29.6 Å². The van der Waals surface area contributed by atoms with Gasteiger partial charge in [-0.3, -0.25) is 14.8 Å². The molecule has 0 aliphatic rings. The average Bonchev–Trinajstić information content (AvgIpc) is 3.42. The number of likely N-dealkylation sites (N-methyl/N-ethyl adjacent to an activating group) is 1. The fourth-order valence-electron chi connectivity index (χ4n) is 3.27. The van der Waals surface area contributed by atoms with Crippen LogP contribution in [0.4, 0.5) is 13.2 Å². The molecule has 0 unspecified atom stereocenters. The molecule has 4 aromatic rings. The van der Waals surface area contributed by atoms with Crippen LogP contribution in [0.3, 0.4) is 0 Å². The molecule has 33 heavy (non-hydrogen) atoms. The molecule has 172 valence electrons. The van der Waals surface area contributed by atoms with Gasteiger partial charge in [0.15, 0.2) is 0 Å². The molecule has 12 heteroatoms. The van der Waals surface area contributed by atoms with Gasteiger partial charge < -0.3 is 18.7 Å². The number of hydrogen-bond acceptors (Lipinski definition) is 7. The van der Waals surface area contributed by atoms with Crippen LogP contribution in [0.25, 0.3) is 33.7 Å². The van der Waals surface area contributed by atoms with Crippen LogP contribution in [0.15, 0.2) is 41.2 Å². The number of carbonyl (C=O) groups is 1. The Morgan fingerprint density at radius 3 is 2.67 bits per heavy atom. The lowest BCUT2D eigenvalue weighted by molar-refractivity contribution is -0.159. The molecule has 0 N–H and O–H groups in total. The lowest BCUT2D eigenvalue weighted by Gasteiger charge is -2.16. The van der Waals surface area contributed by atoms with E-state index in [-0.39, 0.29) is 11.7 Å².